The van der Waals surface area contributed by atoms with Gasteiger partial charge in [-0.25, -0.2) is 0 Å². The maximum Gasteiger partial charge on any atom is 0.204 e. The van der Waals surface area contributed by atoms with Gasteiger partial charge in [0.25, 0.3) is 0 Å². The monoisotopic (exact) mass is 440 g/mol. The molecular weight excluding hydrogens is 412 g/mol. The van der Waals surface area contributed by atoms with Crippen molar-refractivity contribution in [2.45, 2.75) is 24.4 Å². The molecule has 2 aromatic rings. The van der Waals surface area contributed by atoms with Gasteiger partial charge in [0.05, 0.1) is 34.5 Å². The lowest BCUT2D eigenvalue weighted by Gasteiger charge is -2.26. The van der Waals surface area contributed by atoms with Crippen LogP contribution in [0.3, 0.4) is 0 Å². The summed E-state index contributed by atoms with van der Waals surface area (Å²) in [5, 5.41) is 59.3. The molecule has 0 aliphatic heterocycles. The molecule has 4 atom stereocenters. The summed E-state index contributed by atoms with van der Waals surface area (Å²) in [5.41, 5.74) is 0.525. The number of ether oxygens (including phenoxy) is 4. The molecule has 172 valence electrons. The summed E-state index contributed by atoms with van der Waals surface area (Å²) in [7, 11) is 4.05. The van der Waals surface area contributed by atoms with E-state index in [0.29, 0.717) is 5.56 Å². The number of aliphatic hydroxyl groups excluding tert-OH is 5. The van der Waals surface area contributed by atoms with Gasteiger partial charge in [-0.05, 0) is 35.4 Å². The number of methoxy groups -OCH3 is 3. The molecule has 6 N–H and O–H groups in total. The van der Waals surface area contributed by atoms with Gasteiger partial charge in [0.1, 0.15) is 18.3 Å². The molecule has 10 nitrogen and oxygen atoms in total. The third kappa shape index (κ3) is 5.49. The Morgan fingerprint density at radius 2 is 1.29 bits per heavy atom. The molecule has 2 aromatic carbocycles. The molecule has 2 rings (SSSR count). The number of rotatable bonds is 11. The molecule has 0 radical (unpaired) electrons. The van der Waals surface area contributed by atoms with Crippen molar-refractivity contribution in [1.29, 1.82) is 0 Å². The lowest BCUT2D eigenvalue weighted by Crippen LogP contribution is -2.29. The van der Waals surface area contributed by atoms with Gasteiger partial charge in [-0.15, -0.1) is 0 Å². The van der Waals surface area contributed by atoms with E-state index in [1.54, 1.807) is 0 Å². The molecule has 0 aromatic heterocycles. The number of hydrogen-bond acceptors (Lipinski definition) is 10. The minimum Gasteiger partial charge on any atom is -0.504 e. The van der Waals surface area contributed by atoms with Crippen molar-refractivity contribution < 1.29 is 49.6 Å². The first-order chi connectivity index (χ1) is 14.8. The van der Waals surface area contributed by atoms with Gasteiger partial charge >= 0.3 is 0 Å². The number of phenols is 1. The third-order valence-corrected chi connectivity index (χ3v) is 4.72. The van der Waals surface area contributed by atoms with Crippen LogP contribution in [0, 0.1) is 0 Å². The molecule has 0 aliphatic rings. The number of phenolic OH excluding ortho intramolecular Hbond substituents is 1. The van der Waals surface area contributed by atoms with Crippen LogP contribution in [0.5, 0.6) is 28.7 Å². The van der Waals surface area contributed by atoms with E-state index < -0.39 is 37.6 Å². The van der Waals surface area contributed by atoms with Crippen LogP contribution in [0.4, 0.5) is 0 Å². The fourth-order valence-corrected chi connectivity index (χ4v) is 2.95. The average molecular weight is 440 g/mol. The van der Waals surface area contributed by atoms with E-state index in [1.165, 1.54) is 51.7 Å². The highest BCUT2D eigenvalue weighted by Gasteiger charge is 2.28. The summed E-state index contributed by atoms with van der Waals surface area (Å²) in [6.45, 7) is -1.23. The van der Waals surface area contributed by atoms with Gasteiger partial charge in [0.2, 0.25) is 5.75 Å². The maximum absolute atomic E-state index is 10.7. The summed E-state index contributed by atoms with van der Waals surface area (Å²) in [6.07, 6.45) is -5.30. The maximum atomic E-state index is 10.7. The topological polar surface area (TPSA) is 158 Å². The first kappa shape index (κ1) is 24.5. The van der Waals surface area contributed by atoms with E-state index in [1.807, 2.05) is 0 Å². The Morgan fingerprint density at radius 3 is 1.77 bits per heavy atom. The van der Waals surface area contributed by atoms with Gasteiger partial charge in [-0.1, -0.05) is 6.07 Å². The van der Waals surface area contributed by atoms with Crippen LogP contribution >= 0.6 is 0 Å². The number of hydrogen-bond donors (Lipinski definition) is 6. The minimum absolute atomic E-state index is 0.0447. The fraction of sp³-hybridized carbons (Fsp3) is 0.429. The summed E-state index contributed by atoms with van der Waals surface area (Å²) in [6, 6.07) is 6.97. The van der Waals surface area contributed by atoms with Crippen LogP contribution in [0.25, 0.3) is 0 Å². The van der Waals surface area contributed by atoms with Crippen molar-refractivity contribution in [3.63, 3.8) is 0 Å². The van der Waals surface area contributed by atoms with E-state index in [9.17, 15) is 25.5 Å². The van der Waals surface area contributed by atoms with Gasteiger partial charge < -0.3 is 49.6 Å². The Labute approximate surface area is 179 Å². The molecule has 0 saturated heterocycles. The van der Waals surface area contributed by atoms with Crippen LogP contribution in [-0.2, 0) is 0 Å². The van der Waals surface area contributed by atoms with Crippen molar-refractivity contribution in [2.75, 3.05) is 34.5 Å². The molecule has 0 heterocycles. The Kier molecular flexibility index (Phi) is 8.72. The van der Waals surface area contributed by atoms with E-state index in [4.69, 9.17) is 24.1 Å². The minimum atomic E-state index is -1.42. The zero-order valence-electron chi connectivity index (χ0n) is 17.4. The Balaban J connectivity index is 2.40. The molecule has 0 aliphatic carbocycles. The SMILES string of the molecule is COc1cc([C@@H](O)[C@@H](CO)Oc2c(OC)cc([C@@H](O)[C@H](O)CO)cc2OC)ccc1O. The zero-order valence-corrected chi connectivity index (χ0v) is 17.4. The van der Waals surface area contributed by atoms with Crippen molar-refractivity contribution in [3.05, 3.63) is 41.5 Å². The lowest BCUT2D eigenvalue weighted by molar-refractivity contribution is -0.0158. The molecule has 0 fully saturated rings. The predicted octanol–water partition coefficient (Wildman–Crippen LogP) is 0.278. The number of aromatic hydroxyl groups is 1. The normalized spacial score (nSPS) is 15.0. The number of aliphatic hydroxyl groups is 5. The molecule has 10 heteroatoms. The highest BCUT2D eigenvalue weighted by atomic mass is 16.6. The van der Waals surface area contributed by atoms with Crippen LogP contribution < -0.4 is 18.9 Å². The standard InChI is InChI=1S/C21H28O10/c1-28-15-6-11(4-5-13(15)24)20(27)18(10-23)31-21-16(29-2)7-12(8-17(21)30-3)19(26)14(25)9-22/h4-8,14,18-20,22-27H,9-10H2,1-3H3/t14-,18-,19-,20-/m1/s1. The lowest BCUT2D eigenvalue weighted by atomic mass is 10.0. The van der Waals surface area contributed by atoms with E-state index in [0.717, 1.165) is 0 Å². The van der Waals surface area contributed by atoms with Crippen LogP contribution in [0.2, 0.25) is 0 Å². The van der Waals surface area contributed by atoms with Crippen molar-refractivity contribution in [2.24, 2.45) is 0 Å². The quantitative estimate of drug-likeness (QED) is 0.287. The van der Waals surface area contributed by atoms with Crippen molar-refractivity contribution >= 4 is 0 Å². The number of benzene rings is 2. The Bertz CT molecular complexity index is 831. The molecule has 0 amide bonds. The van der Waals surface area contributed by atoms with Crippen molar-refractivity contribution in [1.82, 2.24) is 0 Å². The van der Waals surface area contributed by atoms with Crippen LogP contribution in [0.1, 0.15) is 23.3 Å². The van der Waals surface area contributed by atoms with E-state index in [-0.39, 0.29) is 34.3 Å². The van der Waals surface area contributed by atoms with Gasteiger partial charge in [0.15, 0.2) is 29.1 Å². The van der Waals surface area contributed by atoms with Gasteiger partial charge in [-0.2, -0.15) is 0 Å². The molecule has 31 heavy (non-hydrogen) atoms. The second-order valence-corrected chi connectivity index (χ2v) is 6.66. The summed E-state index contributed by atoms with van der Waals surface area (Å²) >= 11 is 0. The molecular formula is C21H28O10. The van der Waals surface area contributed by atoms with E-state index in [2.05, 4.69) is 0 Å². The Hall–Kier alpha value is -2.76. The highest BCUT2D eigenvalue weighted by Crippen LogP contribution is 2.42. The van der Waals surface area contributed by atoms with Crippen LogP contribution in [-0.4, -0.2) is 77.4 Å². The molecule has 0 bridgehead atoms. The first-order valence-corrected chi connectivity index (χ1v) is 9.36. The summed E-state index contributed by atoms with van der Waals surface area (Å²) in [4.78, 5) is 0. The molecule has 0 spiro atoms. The second-order valence-electron chi connectivity index (χ2n) is 6.66. The third-order valence-electron chi connectivity index (χ3n) is 4.72. The Morgan fingerprint density at radius 1 is 0.742 bits per heavy atom. The fourth-order valence-electron chi connectivity index (χ4n) is 2.95. The average Bonchev–Trinajstić information content (AvgIpc) is 2.80. The van der Waals surface area contributed by atoms with Crippen LogP contribution in [0.15, 0.2) is 30.3 Å². The first-order valence-electron chi connectivity index (χ1n) is 9.36. The van der Waals surface area contributed by atoms with Crippen molar-refractivity contribution in [3.8, 4) is 28.7 Å². The summed E-state index contributed by atoms with van der Waals surface area (Å²) < 4.78 is 21.4. The molecule has 0 unspecified atom stereocenters. The zero-order chi connectivity index (χ0) is 23.1. The van der Waals surface area contributed by atoms with Gasteiger partial charge in [-0.3, -0.25) is 0 Å². The van der Waals surface area contributed by atoms with E-state index >= 15 is 0 Å². The second kappa shape index (κ2) is 11.0. The molecule has 0 saturated carbocycles. The highest BCUT2D eigenvalue weighted by molar-refractivity contribution is 5.54. The predicted molar refractivity (Wildman–Crippen MR) is 109 cm³/mol. The van der Waals surface area contributed by atoms with Gasteiger partial charge in [0, 0.05) is 0 Å². The summed E-state index contributed by atoms with van der Waals surface area (Å²) in [5.74, 6) is 0.287. The largest absolute Gasteiger partial charge is 0.504 e. The smallest absolute Gasteiger partial charge is 0.204 e.